The molecule has 0 aliphatic carbocycles. The van der Waals surface area contributed by atoms with Crippen molar-refractivity contribution in [2.24, 2.45) is 10.4 Å². The average molecular weight is 293 g/mol. The molecule has 0 bridgehead atoms. The first kappa shape index (κ1) is 15.8. The number of nitrogens with zero attached hydrogens (tertiary/aromatic N) is 4. The van der Waals surface area contributed by atoms with Gasteiger partial charge in [-0.2, -0.15) is 4.98 Å². The van der Waals surface area contributed by atoms with E-state index in [0.29, 0.717) is 11.3 Å². The van der Waals surface area contributed by atoms with Crippen LogP contribution in [0.15, 0.2) is 9.52 Å². The van der Waals surface area contributed by atoms with Crippen LogP contribution in [0.4, 0.5) is 0 Å². The predicted octanol–water partition coefficient (Wildman–Crippen LogP) is 1.87. The molecule has 1 aliphatic heterocycles. The summed E-state index contributed by atoms with van der Waals surface area (Å²) in [6, 6.07) is 0. The molecule has 1 atom stereocenters. The SMILES string of the molecule is CCc1nc(CCNC(=NC)N2CCC(C)(CC)C2)no1. The molecule has 0 saturated carbocycles. The van der Waals surface area contributed by atoms with E-state index in [0.717, 1.165) is 44.3 Å². The number of aliphatic imine (C=N–C) groups is 1. The van der Waals surface area contributed by atoms with Gasteiger partial charge in [0.15, 0.2) is 11.8 Å². The van der Waals surface area contributed by atoms with Gasteiger partial charge in [-0.15, -0.1) is 0 Å². The Morgan fingerprint density at radius 2 is 2.29 bits per heavy atom. The molecule has 21 heavy (non-hydrogen) atoms. The summed E-state index contributed by atoms with van der Waals surface area (Å²) >= 11 is 0. The van der Waals surface area contributed by atoms with Crippen molar-refractivity contribution in [1.82, 2.24) is 20.4 Å². The first-order chi connectivity index (χ1) is 10.1. The van der Waals surface area contributed by atoms with Crippen molar-refractivity contribution < 1.29 is 4.52 Å². The van der Waals surface area contributed by atoms with Crippen molar-refractivity contribution in [2.75, 3.05) is 26.7 Å². The fourth-order valence-corrected chi connectivity index (χ4v) is 2.65. The molecule has 1 unspecified atom stereocenters. The van der Waals surface area contributed by atoms with Crippen molar-refractivity contribution in [2.45, 2.75) is 46.5 Å². The first-order valence-corrected chi connectivity index (χ1v) is 7.87. The summed E-state index contributed by atoms with van der Waals surface area (Å²) in [5.41, 5.74) is 0.418. The highest BCUT2D eigenvalue weighted by Gasteiger charge is 2.33. The van der Waals surface area contributed by atoms with Gasteiger partial charge in [-0.3, -0.25) is 4.99 Å². The Morgan fingerprint density at radius 1 is 1.48 bits per heavy atom. The van der Waals surface area contributed by atoms with E-state index in [4.69, 9.17) is 4.52 Å². The van der Waals surface area contributed by atoms with Crippen molar-refractivity contribution >= 4 is 5.96 Å². The van der Waals surface area contributed by atoms with Crippen molar-refractivity contribution in [1.29, 1.82) is 0 Å². The molecule has 118 valence electrons. The Balaban J connectivity index is 1.81. The van der Waals surface area contributed by atoms with Crippen LogP contribution in [-0.2, 0) is 12.8 Å². The van der Waals surface area contributed by atoms with Gasteiger partial charge in [-0.1, -0.05) is 25.9 Å². The van der Waals surface area contributed by atoms with Crippen LogP contribution in [-0.4, -0.2) is 47.7 Å². The lowest BCUT2D eigenvalue weighted by atomic mass is 9.87. The lowest BCUT2D eigenvalue weighted by Crippen LogP contribution is -2.41. The van der Waals surface area contributed by atoms with Crippen LogP contribution >= 0.6 is 0 Å². The van der Waals surface area contributed by atoms with Crippen LogP contribution in [0.25, 0.3) is 0 Å². The van der Waals surface area contributed by atoms with Crippen LogP contribution in [0.2, 0.25) is 0 Å². The molecule has 0 spiro atoms. The molecule has 1 saturated heterocycles. The Morgan fingerprint density at radius 3 is 2.86 bits per heavy atom. The molecule has 2 rings (SSSR count). The lowest BCUT2D eigenvalue weighted by Gasteiger charge is -2.25. The molecule has 0 amide bonds. The maximum atomic E-state index is 5.11. The van der Waals surface area contributed by atoms with Gasteiger partial charge in [0.2, 0.25) is 5.89 Å². The van der Waals surface area contributed by atoms with E-state index in [9.17, 15) is 0 Å². The van der Waals surface area contributed by atoms with Gasteiger partial charge in [0.25, 0.3) is 0 Å². The van der Waals surface area contributed by atoms with Gasteiger partial charge in [0, 0.05) is 39.5 Å². The zero-order valence-electron chi connectivity index (χ0n) is 13.6. The molecule has 0 radical (unpaired) electrons. The number of aryl methyl sites for hydroxylation is 1. The minimum Gasteiger partial charge on any atom is -0.356 e. The van der Waals surface area contributed by atoms with Crippen molar-refractivity contribution in [3.8, 4) is 0 Å². The summed E-state index contributed by atoms with van der Waals surface area (Å²) in [5.74, 6) is 2.44. The van der Waals surface area contributed by atoms with E-state index in [1.54, 1.807) is 0 Å². The van der Waals surface area contributed by atoms with E-state index >= 15 is 0 Å². The summed E-state index contributed by atoms with van der Waals surface area (Å²) in [6.45, 7) is 9.55. The maximum absolute atomic E-state index is 5.11. The minimum atomic E-state index is 0.418. The zero-order chi connectivity index (χ0) is 15.3. The number of hydrogen-bond donors (Lipinski definition) is 1. The molecule has 1 aromatic heterocycles. The van der Waals surface area contributed by atoms with E-state index in [1.165, 1.54) is 12.8 Å². The van der Waals surface area contributed by atoms with Gasteiger partial charge < -0.3 is 14.7 Å². The third-order valence-corrected chi connectivity index (χ3v) is 4.37. The Labute approximate surface area is 127 Å². The molecule has 6 nitrogen and oxygen atoms in total. The van der Waals surface area contributed by atoms with Crippen LogP contribution in [0, 0.1) is 5.41 Å². The number of hydrogen-bond acceptors (Lipinski definition) is 4. The van der Waals surface area contributed by atoms with Crippen molar-refractivity contribution in [3.63, 3.8) is 0 Å². The van der Waals surface area contributed by atoms with Gasteiger partial charge in [-0.25, -0.2) is 0 Å². The minimum absolute atomic E-state index is 0.418. The fourth-order valence-electron chi connectivity index (χ4n) is 2.65. The summed E-state index contributed by atoms with van der Waals surface area (Å²) in [4.78, 5) is 11.0. The van der Waals surface area contributed by atoms with E-state index in [1.807, 2.05) is 14.0 Å². The summed E-state index contributed by atoms with van der Waals surface area (Å²) in [7, 11) is 1.84. The molecule has 2 heterocycles. The monoisotopic (exact) mass is 293 g/mol. The molecule has 1 fully saturated rings. The number of nitrogens with one attached hydrogen (secondary N) is 1. The molecule has 1 aromatic rings. The molecular formula is C15H27N5O. The zero-order valence-corrected chi connectivity index (χ0v) is 13.6. The first-order valence-electron chi connectivity index (χ1n) is 7.87. The Hall–Kier alpha value is -1.59. The molecule has 1 N–H and O–H groups in total. The highest BCUT2D eigenvalue weighted by atomic mass is 16.5. The predicted molar refractivity (Wildman–Crippen MR) is 83.3 cm³/mol. The smallest absolute Gasteiger partial charge is 0.226 e. The standard InChI is InChI=1S/C15H27N5O/c1-5-13-18-12(19-21-13)7-9-17-14(16-4)20-10-8-15(3,6-2)11-20/h5-11H2,1-4H3,(H,16,17). The van der Waals surface area contributed by atoms with Gasteiger partial charge in [0.05, 0.1) is 0 Å². The molecule has 6 heteroatoms. The van der Waals surface area contributed by atoms with Gasteiger partial charge in [0.1, 0.15) is 0 Å². The van der Waals surface area contributed by atoms with E-state index in [-0.39, 0.29) is 0 Å². The highest BCUT2D eigenvalue weighted by molar-refractivity contribution is 5.80. The molecule has 1 aliphatic rings. The van der Waals surface area contributed by atoms with Crippen LogP contribution in [0.5, 0.6) is 0 Å². The molecule has 0 aromatic carbocycles. The largest absolute Gasteiger partial charge is 0.356 e. The van der Waals surface area contributed by atoms with Crippen LogP contribution < -0.4 is 5.32 Å². The normalized spacial score (nSPS) is 22.9. The van der Waals surface area contributed by atoms with E-state index in [2.05, 4.69) is 39.2 Å². The second-order valence-electron chi connectivity index (χ2n) is 6.02. The number of likely N-dealkylation sites (tertiary alicyclic amines) is 1. The van der Waals surface area contributed by atoms with Crippen LogP contribution in [0.3, 0.4) is 0 Å². The number of guanidine groups is 1. The maximum Gasteiger partial charge on any atom is 0.226 e. The average Bonchev–Trinajstić information content (AvgIpc) is 3.11. The Bertz CT molecular complexity index is 484. The second-order valence-corrected chi connectivity index (χ2v) is 6.02. The summed E-state index contributed by atoms with van der Waals surface area (Å²) in [6.07, 6.45) is 3.98. The highest BCUT2D eigenvalue weighted by Crippen LogP contribution is 2.32. The Kier molecular flexibility index (Phi) is 5.20. The topological polar surface area (TPSA) is 66.6 Å². The lowest BCUT2D eigenvalue weighted by molar-refractivity contribution is 0.322. The summed E-state index contributed by atoms with van der Waals surface area (Å²) in [5, 5.41) is 7.37. The number of rotatable bonds is 5. The van der Waals surface area contributed by atoms with Gasteiger partial charge in [-0.05, 0) is 18.3 Å². The number of aromatic nitrogens is 2. The third kappa shape index (κ3) is 3.95. The molecular weight excluding hydrogens is 266 g/mol. The summed E-state index contributed by atoms with van der Waals surface area (Å²) < 4.78 is 5.11. The fraction of sp³-hybridized carbons (Fsp3) is 0.800. The quantitative estimate of drug-likeness (QED) is 0.663. The second kappa shape index (κ2) is 6.91. The van der Waals surface area contributed by atoms with Gasteiger partial charge >= 0.3 is 0 Å². The van der Waals surface area contributed by atoms with E-state index < -0.39 is 0 Å². The van der Waals surface area contributed by atoms with Crippen LogP contribution in [0.1, 0.15) is 45.3 Å². The van der Waals surface area contributed by atoms with Crippen molar-refractivity contribution in [3.05, 3.63) is 11.7 Å². The third-order valence-electron chi connectivity index (χ3n) is 4.37.